The van der Waals surface area contributed by atoms with Crippen molar-refractivity contribution < 1.29 is 9.72 Å². The van der Waals surface area contributed by atoms with Crippen molar-refractivity contribution in [3.05, 3.63) is 46.0 Å². The first-order valence-electron chi connectivity index (χ1n) is 6.26. The Morgan fingerprint density at radius 3 is 2.95 bits per heavy atom. The summed E-state index contributed by atoms with van der Waals surface area (Å²) < 4.78 is 1.87. The molecule has 2 N–H and O–H groups in total. The molecule has 2 heterocycles. The Hall–Kier alpha value is -2.97. The van der Waals surface area contributed by atoms with Gasteiger partial charge >= 0.3 is 0 Å². The minimum atomic E-state index is -0.598. The van der Waals surface area contributed by atoms with Gasteiger partial charge in [0.05, 0.1) is 11.5 Å². The quantitative estimate of drug-likeness (QED) is 0.486. The maximum atomic E-state index is 12.4. The number of hydrogen-bond donors (Lipinski definition) is 1. The zero-order chi connectivity index (χ0) is 15.0. The van der Waals surface area contributed by atoms with Crippen LogP contribution in [0.1, 0.15) is 16.2 Å². The third-order valence-electron chi connectivity index (χ3n) is 3.40. The molecule has 0 radical (unpaired) electrons. The van der Waals surface area contributed by atoms with E-state index in [2.05, 4.69) is 10.2 Å². The van der Waals surface area contributed by atoms with Crippen molar-refractivity contribution >= 4 is 17.3 Å². The molecule has 3 rings (SSSR count). The molecule has 21 heavy (non-hydrogen) atoms. The Morgan fingerprint density at radius 1 is 1.38 bits per heavy atom. The average Bonchev–Trinajstić information content (AvgIpc) is 2.94. The van der Waals surface area contributed by atoms with Gasteiger partial charge in [-0.3, -0.25) is 14.9 Å². The van der Waals surface area contributed by atoms with E-state index >= 15 is 0 Å². The number of amides is 1. The lowest BCUT2D eigenvalue weighted by molar-refractivity contribution is -0.383. The first-order valence-corrected chi connectivity index (χ1v) is 6.26. The normalized spacial score (nSPS) is 13.8. The molecule has 0 unspecified atom stereocenters. The molecule has 108 valence electrons. The Bertz CT molecular complexity index is 726. The van der Waals surface area contributed by atoms with Crippen molar-refractivity contribution in [1.29, 1.82) is 0 Å². The largest absolute Gasteiger partial charge is 0.393 e. The van der Waals surface area contributed by atoms with E-state index in [4.69, 9.17) is 5.73 Å². The minimum absolute atomic E-state index is 0.0370. The lowest BCUT2D eigenvalue weighted by atomic mass is 10.1. The van der Waals surface area contributed by atoms with Crippen molar-refractivity contribution in [2.45, 2.75) is 13.1 Å². The molecule has 0 spiro atoms. The zero-order valence-electron chi connectivity index (χ0n) is 11.0. The number of anilines is 1. The second-order valence-electron chi connectivity index (χ2n) is 4.70. The van der Waals surface area contributed by atoms with E-state index in [1.54, 1.807) is 11.2 Å². The molecular weight excluding hydrogens is 276 g/mol. The smallest absolute Gasteiger partial charge is 0.292 e. The number of carbonyl (C=O) groups is 1. The summed E-state index contributed by atoms with van der Waals surface area (Å²) in [6.07, 6.45) is 1.62. The highest BCUT2D eigenvalue weighted by molar-refractivity contribution is 5.95. The number of nitrogens with zero attached hydrogens (tertiary/aromatic N) is 5. The maximum Gasteiger partial charge on any atom is 0.292 e. The van der Waals surface area contributed by atoms with Gasteiger partial charge in [-0.25, -0.2) is 0 Å². The van der Waals surface area contributed by atoms with Crippen LogP contribution in [0.5, 0.6) is 0 Å². The number of hydrogen-bond acceptors (Lipinski definition) is 6. The van der Waals surface area contributed by atoms with Crippen molar-refractivity contribution in [2.75, 3.05) is 12.3 Å². The third kappa shape index (κ3) is 2.29. The molecule has 2 aromatic rings. The number of nitro benzene ring substituents is 1. The van der Waals surface area contributed by atoms with Crippen LogP contribution in [0.25, 0.3) is 0 Å². The van der Waals surface area contributed by atoms with Gasteiger partial charge in [0.15, 0.2) is 5.82 Å². The second kappa shape index (κ2) is 4.85. The van der Waals surface area contributed by atoms with Gasteiger partial charge in [0.2, 0.25) is 0 Å². The van der Waals surface area contributed by atoms with Crippen molar-refractivity contribution in [1.82, 2.24) is 19.7 Å². The summed E-state index contributed by atoms with van der Waals surface area (Å²) in [7, 11) is 0. The lowest BCUT2D eigenvalue weighted by Crippen LogP contribution is -2.38. The van der Waals surface area contributed by atoms with Gasteiger partial charge in [-0.05, 0) is 12.1 Å². The molecular formula is C12H12N6O3. The van der Waals surface area contributed by atoms with E-state index in [1.165, 1.54) is 18.2 Å². The first kappa shape index (κ1) is 13.0. The van der Waals surface area contributed by atoms with Crippen LogP contribution in [0.3, 0.4) is 0 Å². The summed E-state index contributed by atoms with van der Waals surface area (Å²) in [4.78, 5) is 24.3. The van der Waals surface area contributed by atoms with E-state index in [1.807, 2.05) is 4.57 Å². The van der Waals surface area contributed by atoms with Crippen molar-refractivity contribution in [3.63, 3.8) is 0 Å². The van der Waals surface area contributed by atoms with Gasteiger partial charge in [0, 0.05) is 24.7 Å². The monoisotopic (exact) mass is 288 g/mol. The molecule has 0 atom stereocenters. The molecule has 0 fully saturated rings. The van der Waals surface area contributed by atoms with E-state index in [9.17, 15) is 14.9 Å². The highest BCUT2D eigenvalue weighted by atomic mass is 16.6. The van der Waals surface area contributed by atoms with Crippen LogP contribution in [0.4, 0.5) is 11.4 Å². The molecule has 9 heteroatoms. The number of fused-ring (bicyclic) bond motifs is 1. The number of carbonyl (C=O) groups excluding carboxylic acids is 1. The number of nitro groups is 1. The van der Waals surface area contributed by atoms with Crippen LogP contribution in [-0.4, -0.2) is 37.0 Å². The SMILES string of the molecule is Nc1ccc(C(=O)N2CCn3cnnc3C2)cc1[N+](=O)[O-]. The fourth-order valence-corrected chi connectivity index (χ4v) is 2.26. The van der Waals surface area contributed by atoms with Crippen molar-refractivity contribution in [3.8, 4) is 0 Å². The predicted octanol–water partition coefficient (Wildman–Crippen LogP) is 0.424. The Morgan fingerprint density at radius 2 is 2.19 bits per heavy atom. The van der Waals surface area contributed by atoms with Crippen LogP contribution in [0, 0.1) is 10.1 Å². The van der Waals surface area contributed by atoms with Crippen LogP contribution >= 0.6 is 0 Å². The standard InChI is InChI=1S/C12H12N6O3/c13-9-2-1-8(5-10(9)18(20)21)12(19)16-3-4-17-7-14-15-11(17)6-16/h1-2,5,7H,3-4,6,13H2. The van der Waals surface area contributed by atoms with E-state index in [-0.39, 0.29) is 22.8 Å². The summed E-state index contributed by atoms with van der Waals surface area (Å²) in [6, 6.07) is 4.07. The fraction of sp³-hybridized carbons (Fsp3) is 0.250. The van der Waals surface area contributed by atoms with Crippen LogP contribution in [-0.2, 0) is 13.1 Å². The summed E-state index contributed by atoms with van der Waals surface area (Å²) >= 11 is 0. The van der Waals surface area contributed by atoms with Gasteiger partial charge < -0.3 is 15.2 Å². The summed E-state index contributed by atoms with van der Waals surface area (Å²) in [5, 5.41) is 18.6. The second-order valence-corrected chi connectivity index (χ2v) is 4.70. The molecule has 0 aliphatic carbocycles. The number of benzene rings is 1. The lowest BCUT2D eigenvalue weighted by Gasteiger charge is -2.27. The third-order valence-corrected chi connectivity index (χ3v) is 3.40. The predicted molar refractivity (Wildman–Crippen MR) is 72.3 cm³/mol. The molecule has 0 saturated carbocycles. The van der Waals surface area contributed by atoms with Crippen LogP contribution in [0.15, 0.2) is 24.5 Å². The first-order chi connectivity index (χ1) is 10.1. The van der Waals surface area contributed by atoms with Crippen molar-refractivity contribution in [2.24, 2.45) is 0 Å². The fourth-order valence-electron chi connectivity index (χ4n) is 2.26. The van der Waals surface area contributed by atoms with Crippen LogP contribution in [0.2, 0.25) is 0 Å². The highest BCUT2D eigenvalue weighted by Crippen LogP contribution is 2.23. The molecule has 1 aromatic heterocycles. The topological polar surface area (TPSA) is 120 Å². The number of aromatic nitrogens is 3. The summed E-state index contributed by atoms with van der Waals surface area (Å²) in [5.41, 5.74) is 5.54. The number of nitrogen functional groups attached to an aromatic ring is 1. The average molecular weight is 288 g/mol. The van der Waals surface area contributed by atoms with E-state index in [0.717, 1.165) is 0 Å². The molecule has 0 saturated heterocycles. The molecule has 1 amide bonds. The maximum absolute atomic E-state index is 12.4. The molecule has 1 aliphatic rings. The van der Waals surface area contributed by atoms with Gasteiger partial charge in [-0.2, -0.15) is 0 Å². The van der Waals surface area contributed by atoms with E-state index in [0.29, 0.717) is 25.5 Å². The Balaban J connectivity index is 1.86. The summed E-state index contributed by atoms with van der Waals surface area (Å²) in [5.74, 6) is 0.409. The van der Waals surface area contributed by atoms with Gasteiger partial charge in [0.1, 0.15) is 12.0 Å². The van der Waals surface area contributed by atoms with Gasteiger partial charge in [-0.1, -0.05) is 0 Å². The Labute approximate surface area is 119 Å². The van der Waals surface area contributed by atoms with Gasteiger partial charge in [-0.15, -0.1) is 10.2 Å². The summed E-state index contributed by atoms with van der Waals surface area (Å²) in [6.45, 7) is 1.43. The number of rotatable bonds is 2. The molecule has 1 aromatic carbocycles. The molecule has 0 bridgehead atoms. The van der Waals surface area contributed by atoms with Gasteiger partial charge in [0.25, 0.3) is 11.6 Å². The highest BCUT2D eigenvalue weighted by Gasteiger charge is 2.24. The van der Waals surface area contributed by atoms with E-state index < -0.39 is 4.92 Å². The number of nitrogens with two attached hydrogens (primary N) is 1. The zero-order valence-corrected chi connectivity index (χ0v) is 11.0. The molecule has 9 nitrogen and oxygen atoms in total. The Kier molecular flexibility index (Phi) is 3.01. The minimum Gasteiger partial charge on any atom is -0.393 e. The molecule has 1 aliphatic heterocycles. The van der Waals surface area contributed by atoms with Crippen LogP contribution < -0.4 is 5.73 Å².